The van der Waals surface area contributed by atoms with E-state index in [1.54, 1.807) is 4.90 Å². The van der Waals surface area contributed by atoms with Crippen molar-refractivity contribution in [3.63, 3.8) is 0 Å². The van der Waals surface area contributed by atoms with E-state index in [2.05, 4.69) is 10.6 Å². The van der Waals surface area contributed by atoms with Gasteiger partial charge in [-0.2, -0.15) is 0 Å². The number of carbonyl (C=O) groups is 2. The molecule has 0 aromatic heterocycles. The number of hydrogen-bond donors (Lipinski definition) is 2. The van der Waals surface area contributed by atoms with Crippen molar-refractivity contribution in [1.29, 1.82) is 0 Å². The molecule has 22 heavy (non-hydrogen) atoms. The number of hydrogen-bond acceptors (Lipinski definition) is 2. The first-order valence-corrected chi connectivity index (χ1v) is 7.20. The van der Waals surface area contributed by atoms with Crippen LogP contribution < -0.4 is 15.5 Å². The Morgan fingerprint density at radius 1 is 1.00 bits per heavy atom. The van der Waals surface area contributed by atoms with E-state index >= 15 is 0 Å². The van der Waals surface area contributed by atoms with Crippen LogP contribution in [0.25, 0.3) is 0 Å². The van der Waals surface area contributed by atoms with Crippen molar-refractivity contribution < 1.29 is 9.59 Å². The summed E-state index contributed by atoms with van der Waals surface area (Å²) >= 11 is 0. The SMILES string of the molecule is O=C(Nc1ccccc1)NC1CC(=O)N(c2ccccc2)C1. The van der Waals surface area contributed by atoms with Gasteiger partial charge in [-0.3, -0.25) is 4.79 Å². The number of rotatable bonds is 3. The number of para-hydroxylation sites is 2. The van der Waals surface area contributed by atoms with Gasteiger partial charge in [0, 0.05) is 24.3 Å². The average molecular weight is 295 g/mol. The quantitative estimate of drug-likeness (QED) is 0.914. The van der Waals surface area contributed by atoms with E-state index in [0.717, 1.165) is 11.4 Å². The van der Waals surface area contributed by atoms with Crippen LogP contribution >= 0.6 is 0 Å². The molecule has 3 amide bonds. The molecule has 0 spiro atoms. The number of benzene rings is 2. The van der Waals surface area contributed by atoms with E-state index in [1.165, 1.54) is 0 Å². The molecule has 0 radical (unpaired) electrons. The van der Waals surface area contributed by atoms with Gasteiger partial charge in [-0.1, -0.05) is 36.4 Å². The second-order valence-corrected chi connectivity index (χ2v) is 5.21. The van der Waals surface area contributed by atoms with Gasteiger partial charge in [0.1, 0.15) is 0 Å². The minimum atomic E-state index is -0.293. The van der Waals surface area contributed by atoms with Crippen LogP contribution in [-0.4, -0.2) is 24.5 Å². The maximum absolute atomic E-state index is 12.1. The van der Waals surface area contributed by atoms with Crippen LogP contribution in [0.4, 0.5) is 16.2 Å². The summed E-state index contributed by atoms with van der Waals surface area (Å²) in [6.45, 7) is 0.491. The fourth-order valence-electron chi connectivity index (χ4n) is 2.54. The van der Waals surface area contributed by atoms with E-state index in [1.807, 2.05) is 60.7 Å². The lowest BCUT2D eigenvalue weighted by Gasteiger charge is -2.17. The van der Waals surface area contributed by atoms with Gasteiger partial charge in [-0.05, 0) is 24.3 Å². The molecule has 0 saturated carbocycles. The zero-order valence-electron chi connectivity index (χ0n) is 12.0. The Balaban J connectivity index is 1.58. The average Bonchev–Trinajstić information content (AvgIpc) is 2.89. The van der Waals surface area contributed by atoms with Gasteiger partial charge >= 0.3 is 6.03 Å². The highest BCUT2D eigenvalue weighted by Crippen LogP contribution is 2.21. The number of anilines is 2. The summed E-state index contributed by atoms with van der Waals surface area (Å²) in [6, 6.07) is 18.2. The Labute approximate surface area is 128 Å². The second kappa shape index (κ2) is 6.30. The van der Waals surface area contributed by atoms with Crippen molar-refractivity contribution in [2.45, 2.75) is 12.5 Å². The van der Waals surface area contributed by atoms with E-state index < -0.39 is 0 Å². The van der Waals surface area contributed by atoms with Crippen molar-refractivity contribution in [3.8, 4) is 0 Å². The van der Waals surface area contributed by atoms with Gasteiger partial charge in [0.15, 0.2) is 0 Å². The third-order valence-electron chi connectivity index (χ3n) is 3.56. The molecule has 1 aliphatic rings. The predicted molar refractivity (Wildman–Crippen MR) is 85.8 cm³/mol. The third kappa shape index (κ3) is 3.25. The highest BCUT2D eigenvalue weighted by molar-refractivity contribution is 5.97. The van der Waals surface area contributed by atoms with Gasteiger partial charge < -0.3 is 15.5 Å². The van der Waals surface area contributed by atoms with Crippen LogP contribution in [0.15, 0.2) is 60.7 Å². The molecule has 1 fully saturated rings. The van der Waals surface area contributed by atoms with E-state index in [4.69, 9.17) is 0 Å². The Bertz CT molecular complexity index is 658. The summed E-state index contributed by atoms with van der Waals surface area (Å²) < 4.78 is 0. The van der Waals surface area contributed by atoms with Crippen molar-refractivity contribution in [2.75, 3.05) is 16.8 Å². The standard InChI is InChI=1S/C17H17N3O2/c21-16-11-14(12-20(16)15-9-5-2-6-10-15)19-17(22)18-13-7-3-1-4-8-13/h1-10,14H,11-12H2,(H2,18,19,22). The first-order chi connectivity index (χ1) is 10.7. The molecule has 5 nitrogen and oxygen atoms in total. The summed E-state index contributed by atoms with van der Waals surface area (Å²) in [5, 5.41) is 5.60. The monoisotopic (exact) mass is 295 g/mol. The van der Waals surface area contributed by atoms with E-state index in [9.17, 15) is 9.59 Å². The van der Waals surface area contributed by atoms with Gasteiger partial charge in [0.25, 0.3) is 0 Å². The first-order valence-electron chi connectivity index (χ1n) is 7.20. The number of carbonyl (C=O) groups excluding carboxylic acids is 2. The highest BCUT2D eigenvalue weighted by atomic mass is 16.2. The number of urea groups is 1. The van der Waals surface area contributed by atoms with Crippen LogP contribution in [0.1, 0.15) is 6.42 Å². The summed E-state index contributed by atoms with van der Waals surface area (Å²) in [6.07, 6.45) is 0.317. The smallest absolute Gasteiger partial charge is 0.319 e. The number of nitrogens with zero attached hydrogens (tertiary/aromatic N) is 1. The van der Waals surface area contributed by atoms with Crippen LogP contribution in [0.3, 0.4) is 0 Å². The third-order valence-corrected chi connectivity index (χ3v) is 3.56. The Morgan fingerprint density at radius 2 is 1.64 bits per heavy atom. The van der Waals surface area contributed by atoms with E-state index in [-0.39, 0.29) is 18.0 Å². The zero-order chi connectivity index (χ0) is 15.4. The molecule has 112 valence electrons. The topological polar surface area (TPSA) is 61.4 Å². The normalized spacial score (nSPS) is 17.4. The van der Waals surface area contributed by atoms with Crippen LogP contribution in [-0.2, 0) is 4.79 Å². The molecule has 2 N–H and O–H groups in total. The van der Waals surface area contributed by atoms with Crippen LogP contribution in [0.5, 0.6) is 0 Å². The van der Waals surface area contributed by atoms with Gasteiger partial charge in [-0.15, -0.1) is 0 Å². The van der Waals surface area contributed by atoms with Gasteiger partial charge in [0.05, 0.1) is 6.04 Å². The molecule has 3 rings (SSSR count). The molecular weight excluding hydrogens is 278 g/mol. The Morgan fingerprint density at radius 3 is 2.32 bits per heavy atom. The lowest BCUT2D eigenvalue weighted by Crippen LogP contribution is -2.39. The summed E-state index contributed by atoms with van der Waals surface area (Å²) in [7, 11) is 0. The van der Waals surface area contributed by atoms with Gasteiger partial charge in [-0.25, -0.2) is 4.79 Å². The fraction of sp³-hybridized carbons (Fsp3) is 0.176. The molecule has 2 aromatic carbocycles. The fourth-order valence-corrected chi connectivity index (χ4v) is 2.54. The summed E-state index contributed by atoms with van der Waals surface area (Å²) in [5.41, 5.74) is 1.59. The molecule has 5 heteroatoms. The molecule has 1 aliphatic heterocycles. The lowest BCUT2D eigenvalue weighted by molar-refractivity contribution is -0.117. The highest BCUT2D eigenvalue weighted by Gasteiger charge is 2.31. The van der Waals surface area contributed by atoms with Crippen LogP contribution in [0, 0.1) is 0 Å². The number of amides is 3. The molecule has 0 bridgehead atoms. The van der Waals surface area contributed by atoms with Crippen molar-refractivity contribution in [3.05, 3.63) is 60.7 Å². The molecule has 1 saturated heterocycles. The van der Waals surface area contributed by atoms with Gasteiger partial charge in [0.2, 0.25) is 5.91 Å². The minimum absolute atomic E-state index is 0.0243. The molecular formula is C17H17N3O2. The zero-order valence-corrected chi connectivity index (χ0v) is 12.0. The molecule has 1 heterocycles. The second-order valence-electron chi connectivity index (χ2n) is 5.21. The van der Waals surface area contributed by atoms with Crippen molar-refractivity contribution >= 4 is 23.3 Å². The predicted octanol–water partition coefficient (Wildman–Crippen LogP) is 2.61. The molecule has 1 atom stereocenters. The summed E-state index contributed by atoms with van der Waals surface area (Å²) in [4.78, 5) is 25.7. The summed E-state index contributed by atoms with van der Waals surface area (Å²) in [5.74, 6) is 0.0243. The maximum Gasteiger partial charge on any atom is 0.319 e. The Hall–Kier alpha value is -2.82. The van der Waals surface area contributed by atoms with Crippen molar-refractivity contribution in [2.24, 2.45) is 0 Å². The van der Waals surface area contributed by atoms with Crippen LogP contribution in [0.2, 0.25) is 0 Å². The lowest BCUT2D eigenvalue weighted by atomic mass is 10.2. The minimum Gasteiger partial charge on any atom is -0.333 e. The number of nitrogens with one attached hydrogen (secondary N) is 2. The molecule has 2 aromatic rings. The maximum atomic E-state index is 12.1. The largest absolute Gasteiger partial charge is 0.333 e. The first kappa shape index (κ1) is 14.1. The van der Waals surface area contributed by atoms with E-state index in [0.29, 0.717) is 13.0 Å². The molecule has 1 unspecified atom stereocenters. The molecule has 0 aliphatic carbocycles. The Kier molecular flexibility index (Phi) is 4.05. The van der Waals surface area contributed by atoms with Crippen molar-refractivity contribution in [1.82, 2.24) is 5.32 Å².